The lowest BCUT2D eigenvalue weighted by Crippen LogP contribution is -2.13. The Morgan fingerprint density at radius 3 is 2.26 bits per heavy atom. The molecule has 0 saturated carbocycles. The van der Waals surface area contributed by atoms with Gasteiger partial charge in [0.2, 0.25) is 0 Å². The Hall–Kier alpha value is -4.22. The van der Waals surface area contributed by atoms with E-state index in [1.165, 1.54) is 12.7 Å². The first-order valence-electron chi connectivity index (χ1n) is 11.2. The molecule has 168 valence electrons. The molecular weight excluding hydrogens is 422 g/mol. The summed E-state index contributed by atoms with van der Waals surface area (Å²) in [5, 5.41) is 3.47. The van der Waals surface area contributed by atoms with Crippen molar-refractivity contribution < 1.29 is 9.53 Å². The van der Waals surface area contributed by atoms with Crippen molar-refractivity contribution in [1.29, 1.82) is 0 Å². The van der Waals surface area contributed by atoms with Crippen molar-refractivity contribution in [2.75, 3.05) is 7.11 Å². The standard InChI is InChI=1S/C29H25N3O2/c1-34-29(33)25-12-5-8-21(16-25)19-30-18-20-7-4-9-22(15-20)23-10-6-11-24(17-23)28-31-26-13-2-3-14-27(26)32-28/h2-17,30H,18-19H2,1H3,(H,31,32). The maximum atomic E-state index is 11.7. The molecule has 1 aromatic heterocycles. The average molecular weight is 448 g/mol. The van der Waals surface area contributed by atoms with Gasteiger partial charge in [0.1, 0.15) is 5.82 Å². The molecule has 0 unspecified atom stereocenters. The summed E-state index contributed by atoms with van der Waals surface area (Å²) in [5.41, 5.74) is 8.15. The number of methoxy groups -OCH3 is 1. The van der Waals surface area contributed by atoms with Crippen LogP contribution in [0.4, 0.5) is 0 Å². The molecule has 0 bridgehead atoms. The number of nitrogens with one attached hydrogen (secondary N) is 2. The van der Waals surface area contributed by atoms with Crippen molar-refractivity contribution in [2.24, 2.45) is 0 Å². The molecule has 34 heavy (non-hydrogen) atoms. The molecule has 5 aromatic rings. The van der Waals surface area contributed by atoms with Gasteiger partial charge in [0.15, 0.2) is 0 Å². The highest BCUT2D eigenvalue weighted by molar-refractivity contribution is 5.89. The molecule has 0 aliphatic carbocycles. The fraction of sp³-hybridized carbons (Fsp3) is 0.103. The SMILES string of the molecule is COC(=O)c1cccc(CNCc2cccc(-c3cccc(-c4nc5ccccc5[nH]4)c3)c2)c1. The molecule has 4 aromatic carbocycles. The summed E-state index contributed by atoms with van der Waals surface area (Å²) < 4.78 is 4.81. The molecule has 0 aliphatic rings. The van der Waals surface area contributed by atoms with Gasteiger partial charge < -0.3 is 15.0 Å². The predicted molar refractivity (Wildman–Crippen MR) is 135 cm³/mol. The van der Waals surface area contributed by atoms with Crippen LogP contribution in [0.1, 0.15) is 21.5 Å². The van der Waals surface area contributed by atoms with Crippen molar-refractivity contribution >= 4 is 17.0 Å². The summed E-state index contributed by atoms with van der Waals surface area (Å²) in [5.74, 6) is 0.550. The minimum absolute atomic E-state index is 0.320. The van der Waals surface area contributed by atoms with Crippen LogP contribution in [0.5, 0.6) is 0 Å². The molecule has 0 radical (unpaired) electrons. The number of aromatic amines is 1. The molecule has 0 saturated heterocycles. The first-order valence-corrected chi connectivity index (χ1v) is 11.2. The van der Waals surface area contributed by atoms with Crippen LogP contribution < -0.4 is 5.32 Å². The first kappa shape index (κ1) is 21.6. The highest BCUT2D eigenvalue weighted by Crippen LogP contribution is 2.27. The topological polar surface area (TPSA) is 67.0 Å². The Labute approximate surface area is 198 Å². The molecule has 1 heterocycles. The predicted octanol–water partition coefficient (Wildman–Crippen LogP) is 5.97. The van der Waals surface area contributed by atoms with E-state index < -0.39 is 0 Å². The third kappa shape index (κ3) is 4.75. The van der Waals surface area contributed by atoms with E-state index in [0.717, 1.165) is 45.7 Å². The minimum atomic E-state index is -0.320. The lowest BCUT2D eigenvalue weighted by atomic mass is 10.0. The van der Waals surface area contributed by atoms with Crippen molar-refractivity contribution in [3.8, 4) is 22.5 Å². The zero-order valence-corrected chi connectivity index (χ0v) is 18.9. The highest BCUT2D eigenvalue weighted by atomic mass is 16.5. The number of ether oxygens (including phenoxy) is 1. The highest BCUT2D eigenvalue weighted by Gasteiger charge is 2.08. The number of benzene rings is 4. The van der Waals surface area contributed by atoms with E-state index in [0.29, 0.717) is 12.1 Å². The Morgan fingerprint density at radius 1 is 0.794 bits per heavy atom. The Bertz CT molecular complexity index is 1420. The van der Waals surface area contributed by atoms with Crippen molar-refractivity contribution in [3.05, 3.63) is 114 Å². The van der Waals surface area contributed by atoms with Crippen LogP contribution in [0.3, 0.4) is 0 Å². The number of para-hydroxylation sites is 2. The molecule has 2 N–H and O–H groups in total. The lowest BCUT2D eigenvalue weighted by Gasteiger charge is -2.09. The number of imidazole rings is 1. The summed E-state index contributed by atoms with van der Waals surface area (Å²) in [6.45, 7) is 1.39. The van der Waals surface area contributed by atoms with E-state index in [1.54, 1.807) is 6.07 Å². The van der Waals surface area contributed by atoms with Crippen LogP contribution in [0.2, 0.25) is 0 Å². The maximum absolute atomic E-state index is 11.7. The van der Waals surface area contributed by atoms with Crippen molar-refractivity contribution in [2.45, 2.75) is 13.1 Å². The van der Waals surface area contributed by atoms with Gasteiger partial charge in [0.05, 0.1) is 23.7 Å². The quantitative estimate of drug-likeness (QED) is 0.302. The zero-order valence-electron chi connectivity index (χ0n) is 18.9. The number of hydrogen-bond acceptors (Lipinski definition) is 4. The zero-order chi connectivity index (χ0) is 23.3. The molecule has 0 amide bonds. The molecule has 0 spiro atoms. The van der Waals surface area contributed by atoms with Gasteiger partial charge in [-0.3, -0.25) is 0 Å². The number of H-pyrrole nitrogens is 1. The maximum Gasteiger partial charge on any atom is 0.337 e. The largest absolute Gasteiger partial charge is 0.465 e. The summed E-state index contributed by atoms with van der Waals surface area (Å²) in [6, 6.07) is 32.5. The Kier molecular flexibility index (Phi) is 6.19. The van der Waals surface area contributed by atoms with Gasteiger partial charge in [-0.1, -0.05) is 60.7 Å². The van der Waals surface area contributed by atoms with Gasteiger partial charge in [-0.2, -0.15) is 0 Å². The third-order valence-electron chi connectivity index (χ3n) is 5.79. The molecule has 0 fully saturated rings. The third-order valence-corrected chi connectivity index (χ3v) is 5.79. The normalized spacial score (nSPS) is 11.0. The second kappa shape index (κ2) is 9.73. The van der Waals surface area contributed by atoms with Gasteiger partial charge in [0.25, 0.3) is 0 Å². The van der Waals surface area contributed by atoms with Crippen LogP contribution in [0.25, 0.3) is 33.5 Å². The van der Waals surface area contributed by atoms with E-state index in [2.05, 4.69) is 58.8 Å². The number of rotatable bonds is 7. The minimum Gasteiger partial charge on any atom is -0.465 e. The number of carbonyl (C=O) groups excluding carboxylic acids is 1. The van der Waals surface area contributed by atoms with E-state index in [1.807, 2.05) is 42.5 Å². The van der Waals surface area contributed by atoms with E-state index >= 15 is 0 Å². The van der Waals surface area contributed by atoms with Crippen LogP contribution in [0, 0.1) is 0 Å². The molecular formula is C29H25N3O2. The summed E-state index contributed by atoms with van der Waals surface area (Å²) in [4.78, 5) is 19.9. The molecule has 5 heteroatoms. The number of aromatic nitrogens is 2. The first-order chi connectivity index (χ1) is 16.7. The van der Waals surface area contributed by atoms with E-state index in [4.69, 9.17) is 9.72 Å². The fourth-order valence-electron chi connectivity index (χ4n) is 4.07. The van der Waals surface area contributed by atoms with E-state index in [-0.39, 0.29) is 5.97 Å². The Morgan fingerprint density at radius 2 is 1.47 bits per heavy atom. The van der Waals surface area contributed by atoms with Crippen LogP contribution in [-0.2, 0) is 17.8 Å². The summed E-state index contributed by atoms with van der Waals surface area (Å²) in [7, 11) is 1.40. The van der Waals surface area contributed by atoms with Crippen LogP contribution in [-0.4, -0.2) is 23.0 Å². The van der Waals surface area contributed by atoms with Gasteiger partial charge in [-0.25, -0.2) is 9.78 Å². The summed E-state index contributed by atoms with van der Waals surface area (Å²) in [6.07, 6.45) is 0. The van der Waals surface area contributed by atoms with Gasteiger partial charge in [-0.15, -0.1) is 0 Å². The Balaban J connectivity index is 1.30. The molecule has 0 atom stereocenters. The van der Waals surface area contributed by atoms with Crippen LogP contribution in [0.15, 0.2) is 97.1 Å². The number of nitrogens with zero attached hydrogens (tertiary/aromatic N) is 1. The monoisotopic (exact) mass is 447 g/mol. The second-order valence-corrected chi connectivity index (χ2v) is 8.18. The van der Waals surface area contributed by atoms with Gasteiger partial charge >= 0.3 is 5.97 Å². The molecule has 5 rings (SSSR count). The van der Waals surface area contributed by atoms with Gasteiger partial charge in [-0.05, 0) is 58.7 Å². The summed E-state index contributed by atoms with van der Waals surface area (Å²) >= 11 is 0. The van der Waals surface area contributed by atoms with Gasteiger partial charge in [0, 0.05) is 18.7 Å². The smallest absolute Gasteiger partial charge is 0.337 e. The number of carbonyl (C=O) groups is 1. The molecule has 0 aliphatic heterocycles. The van der Waals surface area contributed by atoms with E-state index in [9.17, 15) is 4.79 Å². The number of hydrogen-bond donors (Lipinski definition) is 2. The second-order valence-electron chi connectivity index (χ2n) is 8.18. The molecule has 5 nitrogen and oxygen atoms in total. The average Bonchev–Trinajstić information content (AvgIpc) is 3.33. The fourth-order valence-corrected chi connectivity index (χ4v) is 4.07. The van der Waals surface area contributed by atoms with Crippen molar-refractivity contribution in [3.63, 3.8) is 0 Å². The number of fused-ring (bicyclic) bond motifs is 1. The van der Waals surface area contributed by atoms with Crippen molar-refractivity contribution in [1.82, 2.24) is 15.3 Å². The lowest BCUT2D eigenvalue weighted by molar-refractivity contribution is 0.0600. The van der Waals surface area contributed by atoms with Crippen LogP contribution >= 0.6 is 0 Å². The number of esters is 1.